The zero-order chi connectivity index (χ0) is 19.9. The Morgan fingerprint density at radius 2 is 1.69 bits per heavy atom. The summed E-state index contributed by atoms with van der Waals surface area (Å²) >= 11 is 0. The van der Waals surface area contributed by atoms with Gasteiger partial charge in [0.2, 0.25) is 15.9 Å². The van der Waals surface area contributed by atoms with Gasteiger partial charge in [0.25, 0.3) is 5.91 Å². The Morgan fingerprint density at radius 1 is 1.12 bits per heavy atom. The first-order valence-corrected chi connectivity index (χ1v) is 8.59. The molecule has 0 aliphatic rings. The predicted octanol–water partition coefficient (Wildman–Crippen LogP) is -1.01. The fraction of sp³-hybridized carbons (Fsp3) is 0.357. The van der Waals surface area contributed by atoms with E-state index >= 15 is 0 Å². The van der Waals surface area contributed by atoms with E-state index < -0.39 is 51.6 Å². The number of esters is 1. The minimum atomic E-state index is -4.64. The van der Waals surface area contributed by atoms with E-state index in [0.717, 1.165) is 18.2 Å². The van der Waals surface area contributed by atoms with E-state index in [2.05, 4.69) is 10.1 Å². The molecular formula is C14H17F2N3O6S. The molecule has 0 aliphatic carbocycles. The van der Waals surface area contributed by atoms with Crippen LogP contribution >= 0.6 is 0 Å². The van der Waals surface area contributed by atoms with E-state index in [1.807, 2.05) is 0 Å². The summed E-state index contributed by atoms with van der Waals surface area (Å²) in [5.41, 5.74) is 0. The van der Waals surface area contributed by atoms with Crippen molar-refractivity contribution in [1.82, 2.24) is 14.9 Å². The van der Waals surface area contributed by atoms with Gasteiger partial charge in [-0.1, -0.05) is 6.07 Å². The van der Waals surface area contributed by atoms with Crippen LogP contribution in [0.3, 0.4) is 0 Å². The molecule has 26 heavy (non-hydrogen) atoms. The van der Waals surface area contributed by atoms with Crippen LogP contribution in [0.5, 0.6) is 0 Å². The first-order valence-electron chi connectivity index (χ1n) is 7.10. The zero-order valence-corrected chi connectivity index (χ0v) is 14.7. The van der Waals surface area contributed by atoms with Crippen LogP contribution in [-0.2, 0) is 29.1 Å². The van der Waals surface area contributed by atoms with Crippen molar-refractivity contribution in [1.29, 1.82) is 0 Å². The van der Waals surface area contributed by atoms with Crippen LogP contribution in [0.15, 0.2) is 23.1 Å². The molecule has 0 radical (unpaired) electrons. The van der Waals surface area contributed by atoms with Crippen LogP contribution in [0.25, 0.3) is 0 Å². The Morgan fingerprint density at radius 3 is 2.23 bits per heavy atom. The first-order chi connectivity index (χ1) is 12.0. The molecule has 0 atom stereocenters. The van der Waals surface area contributed by atoms with Crippen LogP contribution in [0.2, 0.25) is 0 Å². The third-order valence-electron chi connectivity index (χ3n) is 2.89. The summed E-state index contributed by atoms with van der Waals surface area (Å²) in [4.78, 5) is 34.1. The van der Waals surface area contributed by atoms with Gasteiger partial charge in [0.15, 0.2) is 11.5 Å². The number of hydrogen-bond donors (Lipinski definition) is 2. The van der Waals surface area contributed by atoms with Crippen molar-refractivity contribution in [3.63, 3.8) is 0 Å². The molecule has 2 N–H and O–H groups in total. The Balaban J connectivity index is 2.49. The Labute approximate surface area is 148 Å². The maximum Gasteiger partial charge on any atom is 0.321 e. The van der Waals surface area contributed by atoms with Gasteiger partial charge in [-0.3, -0.25) is 14.4 Å². The van der Waals surface area contributed by atoms with E-state index in [0.29, 0.717) is 0 Å². The van der Waals surface area contributed by atoms with Gasteiger partial charge in [-0.05, 0) is 12.1 Å². The Hall–Kier alpha value is -2.60. The lowest BCUT2D eigenvalue weighted by Gasteiger charge is -2.11. The molecule has 0 aliphatic heterocycles. The maximum absolute atomic E-state index is 13.5. The van der Waals surface area contributed by atoms with Crippen molar-refractivity contribution in [3.8, 4) is 0 Å². The lowest BCUT2D eigenvalue weighted by molar-refractivity contribution is -0.147. The number of carbonyl (C=O) groups excluding carboxylic acids is 3. The van der Waals surface area contributed by atoms with Crippen LogP contribution in [0.1, 0.15) is 0 Å². The molecule has 9 nitrogen and oxygen atoms in total. The number of ether oxygens (including phenoxy) is 1. The lowest BCUT2D eigenvalue weighted by Crippen LogP contribution is -2.39. The fourth-order valence-corrected chi connectivity index (χ4v) is 2.65. The SMILES string of the molecule is CN(C)C(=O)CNC(=O)COC(=O)CNS(=O)(=O)c1c(F)cccc1F. The summed E-state index contributed by atoms with van der Waals surface area (Å²) in [7, 11) is -1.67. The van der Waals surface area contributed by atoms with Crippen LogP contribution < -0.4 is 10.0 Å². The number of amides is 2. The number of benzene rings is 1. The summed E-state index contributed by atoms with van der Waals surface area (Å²) < 4.78 is 56.8. The maximum atomic E-state index is 13.5. The smallest absolute Gasteiger partial charge is 0.321 e. The van der Waals surface area contributed by atoms with E-state index in [4.69, 9.17) is 0 Å². The highest BCUT2D eigenvalue weighted by molar-refractivity contribution is 7.89. The number of likely N-dealkylation sites (N-methyl/N-ethyl adjacent to an activating group) is 1. The fourth-order valence-electron chi connectivity index (χ4n) is 1.55. The van der Waals surface area contributed by atoms with Crippen LogP contribution in [0.4, 0.5) is 8.78 Å². The third-order valence-corrected chi connectivity index (χ3v) is 4.35. The molecule has 12 heteroatoms. The summed E-state index contributed by atoms with van der Waals surface area (Å²) in [5.74, 6) is -4.97. The number of hydrogen-bond acceptors (Lipinski definition) is 6. The van der Waals surface area contributed by atoms with Crippen molar-refractivity contribution in [3.05, 3.63) is 29.8 Å². The molecule has 0 aromatic heterocycles. The van der Waals surface area contributed by atoms with Gasteiger partial charge in [-0.15, -0.1) is 0 Å². The van der Waals surface area contributed by atoms with Crippen molar-refractivity contribution in [2.75, 3.05) is 33.8 Å². The van der Waals surface area contributed by atoms with Gasteiger partial charge >= 0.3 is 5.97 Å². The van der Waals surface area contributed by atoms with Crippen LogP contribution in [-0.4, -0.2) is 64.9 Å². The second kappa shape index (κ2) is 9.20. The largest absolute Gasteiger partial charge is 0.455 e. The summed E-state index contributed by atoms with van der Waals surface area (Å²) in [6.45, 7) is -2.00. The molecule has 0 saturated carbocycles. The number of nitrogens with one attached hydrogen (secondary N) is 2. The highest BCUT2D eigenvalue weighted by Crippen LogP contribution is 2.17. The normalized spacial score (nSPS) is 10.9. The van der Waals surface area contributed by atoms with Gasteiger partial charge in [0.05, 0.1) is 6.54 Å². The molecular weight excluding hydrogens is 376 g/mol. The second-order valence-corrected chi connectivity index (χ2v) is 6.80. The molecule has 1 rings (SSSR count). The average Bonchev–Trinajstić information content (AvgIpc) is 2.55. The Kier molecular flexibility index (Phi) is 7.58. The van der Waals surface area contributed by atoms with Crippen molar-refractivity contribution >= 4 is 27.8 Å². The minimum absolute atomic E-state index is 0.303. The van der Waals surface area contributed by atoms with Gasteiger partial charge < -0.3 is 15.0 Å². The molecule has 144 valence electrons. The minimum Gasteiger partial charge on any atom is -0.455 e. The summed E-state index contributed by atoms with van der Waals surface area (Å²) in [6, 6.07) is 2.47. The van der Waals surface area contributed by atoms with Gasteiger partial charge in [-0.2, -0.15) is 4.72 Å². The lowest BCUT2D eigenvalue weighted by atomic mass is 10.3. The molecule has 2 amide bonds. The molecule has 0 saturated heterocycles. The van der Waals surface area contributed by atoms with Crippen molar-refractivity contribution < 1.29 is 36.3 Å². The number of sulfonamides is 1. The summed E-state index contributed by atoms with van der Waals surface area (Å²) in [5, 5.41) is 2.19. The zero-order valence-electron chi connectivity index (χ0n) is 13.9. The quantitative estimate of drug-likeness (QED) is 0.546. The van der Waals surface area contributed by atoms with Gasteiger partial charge in [0.1, 0.15) is 18.2 Å². The molecule has 0 spiro atoms. The molecule has 0 heterocycles. The summed E-state index contributed by atoms with van der Waals surface area (Å²) in [6.07, 6.45) is 0. The number of carbonyl (C=O) groups is 3. The molecule has 1 aromatic rings. The third kappa shape index (κ3) is 6.37. The highest BCUT2D eigenvalue weighted by Gasteiger charge is 2.24. The number of halogens is 2. The molecule has 0 bridgehead atoms. The van der Waals surface area contributed by atoms with Gasteiger partial charge in [-0.25, -0.2) is 17.2 Å². The average molecular weight is 393 g/mol. The van der Waals surface area contributed by atoms with Crippen molar-refractivity contribution in [2.45, 2.75) is 4.90 Å². The monoisotopic (exact) mass is 393 g/mol. The van der Waals surface area contributed by atoms with E-state index in [1.165, 1.54) is 19.0 Å². The van der Waals surface area contributed by atoms with Gasteiger partial charge in [0, 0.05) is 14.1 Å². The molecule has 0 unspecified atom stereocenters. The second-order valence-electron chi connectivity index (χ2n) is 5.10. The highest BCUT2D eigenvalue weighted by atomic mass is 32.2. The van der Waals surface area contributed by atoms with Crippen molar-refractivity contribution in [2.24, 2.45) is 0 Å². The standard InChI is InChI=1S/C14H17F2N3O6S/c1-19(2)12(21)6-17-11(20)8-25-13(22)7-18-26(23,24)14-9(15)4-3-5-10(14)16/h3-5,18H,6-8H2,1-2H3,(H,17,20). The predicted molar refractivity (Wildman–Crippen MR) is 84.2 cm³/mol. The molecule has 0 fully saturated rings. The topological polar surface area (TPSA) is 122 Å². The van der Waals surface area contributed by atoms with E-state index in [1.54, 1.807) is 4.72 Å². The Bertz CT molecular complexity index is 778. The first kappa shape index (κ1) is 21.4. The van der Waals surface area contributed by atoms with Crippen LogP contribution in [0, 0.1) is 11.6 Å². The van der Waals surface area contributed by atoms with E-state index in [-0.39, 0.29) is 12.5 Å². The molecule has 1 aromatic carbocycles. The number of rotatable bonds is 8. The van der Waals surface area contributed by atoms with E-state index in [9.17, 15) is 31.6 Å². The number of nitrogens with zero attached hydrogens (tertiary/aromatic N) is 1.